The monoisotopic (exact) mass is 266 g/mol. The van der Waals surface area contributed by atoms with E-state index in [0.29, 0.717) is 0 Å². The summed E-state index contributed by atoms with van der Waals surface area (Å²) in [7, 11) is -3.52. The first-order chi connectivity index (χ1) is 8.01. The molecule has 0 aliphatic carbocycles. The van der Waals surface area contributed by atoms with Crippen LogP contribution in [-0.4, -0.2) is 8.42 Å². The van der Waals surface area contributed by atoms with E-state index in [2.05, 4.69) is 0 Å². The summed E-state index contributed by atoms with van der Waals surface area (Å²) < 4.78 is 24.6. The van der Waals surface area contributed by atoms with Crippen molar-refractivity contribution in [1.29, 1.82) is 0 Å². The lowest BCUT2D eigenvalue weighted by atomic mass is 10.2. The third-order valence-corrected chi connectivity index (χ3v) is 4.73. The van der Waals surface area contributed by atoms with Crippen molar-refractivity contribution in [1.82, 2.24) is 0 Å². The zero-order valence-electron chi connectivity index (χ0n) is 9.22. The van der Waals surface area contributed by atoms with Crippen LogP contribution in [0.15, 0.2) is 58.3 Å². The number of aryl methyl sites for hydroxylation is 1. The summed E-state index contributed by atoms with van der Waals surface area (Å²) in [6, 6.07) is 13.2. The van der Waals surface area contributed by atoms with Gasteiger partial charge in [0.1, 0.15) is 0 Å². The fourth-order valence-corrected chi connectivity index (χ4v) is 3.28. The van der Waals surface area contributed by atoms with E-state index < -0.39 is 9.84 Å². The minimum atomic E-state index is -3.52. The number of halogens is 1. The van der Waals surface area contributed by atoms with Crippen LogP contribution in [0.5, 0.6) is 0 Å². The van der Waals surface area contributed by atoms with Crippen LogP contribution < -0.4 is 0 Å². The van der Waals surface area contributed by atoms with Crippen LogP contribution in [-0.2, 0) is 9.84 Å². The lowest BCUT2D eigenvalue weighted by Gasteiger charge is -2.06. The van der Waals surface area contributed by atoms with Crippen LogP contribution in [0.2, 0.25) is 5.02 Å². The second kappa shape index (κ2) is 4.51. The maximum absolute atomic E-state index is 12.3. The summed E-state index contributed by atoms with van der Waals surface area (Å²) >= 11 is 5.91. The van der Waals surface area contributed by atoms with Gasteiger partial charge in [-0.05, 0) is 31.2 Å². The Balaban J connectivity index is 2.58. The Morgan fingerprint density at radius 1 is 0.941 bits per heavy atom. The highest BCUT2D eigenvalue weighted by Gasteiger charge is 2.19. The Labute approximate surface area is 106 Å². The highest BCUT2D eigenvalue weighted by Crippen LogP contribution is 2.27. The van der Waals surface area contributed by atoms with Crippen molar-refractivity contribution in [3.05, 3.63) is 59.1 Å². The first kappa shape index (κ1) is 12.1. The van der Waals surface area contributed by atoms with E-state index in [4.69, 9.17) is 11.6 Å². The highest BCUT2D eigenvalue weighted by molar-refractivity contribution is 7.91. The molecule has 0 aromatic heterocycles. The Bertz CT molecular complexity index is 631. The third-order valence-electron chi connectivity index (χ3n) is 2.46. The SMILES string of the molecule is Cc1ccc(S(=O)(=O)c2ccccc2Cl)cc1. The minimum Gasteiger partial charge on any atom is -0.218 e. The first-order valence-corrected chi connectivity index (χ1v) is 6.94. The molecule has 2 nitrogen and oxygen atoms in total. The summed E-state index contributed by atoms with van der Waals surface area (Å²) in [5.41, 5.74) is 1.02. The largest absolute Gasteiger partial charge is 0.218 e. The smallest absolute Gasteiger partial charge is 0.208 e. The number of rotatable bonds is 2. The molecule has 2 aromatic carbocycles. The first-order valence-electron chi connectivity index (χ1n) is 5.08. The number of hydrogen-bond donors (Lipinski definition) is 0. The van der Waals surface area contributed by atoms with Crippen LogP contribution in [0.25, 0.3) is 0 Å². The Morgan fingerprint density at radius 2 is 1.53 bits per heavy atom. The normalized spacial score (nSPS) is 11.4. The molecular formula is C13H11ClO2S. The van der Waals surface area contributed by atoms with Crippen molar-refractivity contribution in [2.45, 2.75) is 16.7 Å². The fraction of sp³-hybridized carbons (Fsp3) is 0.0769. The Morgan fingerprint density at radius 3 is 2.12 bits per heavy atom. The van der Waals surface area contributed by atoms with E-state index >= 15 is 0 Å². The zero-order chi connectivity index (χ0) is 12.5. The fourth-order valence-electron chi connectivity index (χ4n) is 1.51. The molecule has 17 heavy (non-hydrogen) atoms. The van der Waals surface area contributed by atoms with E-state index in [9.17, 15) is 8.42 Å². The van der Waals surface area contributed by atoms with Gasteiger partial charge in [-0.1, -0.05) is 41.4 Å². The lowest BCUT2D eigenvalue weighted by molar-refractivity contribution is 0.596. The van der Waals surface area contributed by atoms with Gasteiger partial charge < -0.3 is 0 Å². The maximum atomic E-state index is 12.3. The molecule has 0 aliphatic rings. The van der Waals surface area contributed by atoms with Crippen molar-refractivity contribution in [2.75, 3.05) is 0 Å². The molecule has 0 spiro atoms. The number of sulfone groups is 1. The standard InChI is InChI=1S/C13H11ClO2S/c1-10-6-8-11(9-7-10)17(15,16)13-5-3-2-4-12(13)14/h2-9H,1H3. The molecule has 0 heterocycles. The van der Waals surface area contributed by atoms with Crippen LogP contribution >= 0.6 is 11.6 Å². The van der Waals surface area contributed by atoms with Gasteiger partial charge in [0, 0.05) is 0 Å². The third kappa shape index (κ3) is 2.35. The molecule has 0 fully saturated rings. The van der Waals surface area contributed by atoms with E-state index in [1.165, 1.54) is 6.07 Å². The van der Waals surface area contributed by atoms with Gasteiger partial charge in [-0.15, -0.1) is 0 Å². The summed E-state index contributed by atoms with van der Waals surface area (Å²) in [6.07, 6.45) is 0. The van der Waals surface area contributed by atoms with Crippen LogP contribution in [0.1, 0.15) is 5.56 Å². The van der Waals surface area contributed by atoms with E-state index in [1.807, 2.05) is 6.92 Å². The predicted molar refractivity (Wildman–Crippen MR) is 68.1 cm³/mol. The maximum Gasteiger partial charge on any atom is 0.208 e. The Kier molecular flexibility index (Phi) is 3.22. The second-order valence-electron chi connectivity index (χ2n) is 3.75. The molecule has 88 valence electrons. The number of hydrogen-bond acceptors (Lipinski definition) is 2. The van der Waals surface area contributed by atoms with E-state index in [-0.39, 0.29) is 14.8 Å². The van der Waals surface area contributed by atoms with Crippen molar-refractivity contribution in [3.63, 3.8) is 0 Å². The molecule has 0 radical (unpaired) electrons. The molecular weight excluding hydrogens is 256 g/mol. The quantitative estimate of drug-likeness (QED) is 0.834. The van der Waals surface area contributed by atoms with Crippen LogP contribution in [0.3, 0.4) is 0 Å². The molecule has 0 saturated heterocycles. The van der Waals surface area contributed by atoms with Crippen molar-refractivity contribution >= 4 is 21.4 Å². The van der Waals surface area contributed by atoms with Gasteiger partial charge >= 0.3 is 0 Å². The van der Waals surface area contributed by atoms with Gasteiger partial charge in [0.2, 0.25) is 9.84 Å². The summed E-state index contributed by atoms with van der Waals surface area (Å²) in [4.78, 5) is 0.404. The number of benzene rings is 2. The minimum absolute atomic E-state index is 0.144. The van der Waals surface area contributed by atoms with Crippen LogP contribution in [0, 0.1) is 6.92 Å². The van der Waals surface area contributed by atoms with Crippen molar-refractivity contribution < 1.29 is 8.42 Å². The molecule has 0 aliphatic heterocycles. The average Bonchev–Trinajstić information content (AvgIpc) is 2.30. The highest BCUT2D eigenvalue weighted by atomic mass is 35.5. The van der Waals surface area contributed by atoms with Crippen molar-refractivity contribution in [2.24, 2.45) is 0 Å². The zero-order valence-corrected chi connectivity index (χ0v) is 10.8. The predicted octanol–water partition coefficient (Wildman–Crippen LogP) is 3.48. The van der Waals surface area contributed by atoms with Gasteiger partial charge in [0.15, 0.2) is 0 Å². The van der Waals surface area contributed by atoms with Gasteiger partial charge in [-0.2, -0.15) is 0 Å². The van der Waals surface area contributed by atoms with Gasteiger partial charge in [0.25, 0.3) is 0 Å². The molecule has 0 unspecified atom stereocenters. The van der Waals surface area contributed by atoms with Crippen LogP contribution in [0.4, 0.5) is 0 Å². The van der Waals surface area contributed by atoms with Crippen molar-refractivity contribution in [3.8, 4) is 0 Å². The summed E-state index contributed by atoms with van der Waals surface area (Å²) in [5, 5.41) is 0.244. The van der Waals surface area contributed by atoms with E-state index in [1.54, 1.807) is 42.5 Å². The molecule has 0 amide bonds. The molecule has 2 aromatic rings. The van der Waals surface area contributed by atoms with Gasteiger partial charge in [-0.3, -0.25) is 0 Å². The average molecular weight is 267 g/mol. The molecule has 2 rings (SSSR count). The molecule has 0 N–H and O–H groups in total. The van der Waals surface area contributed by atoms with Gasteiger partial charge in [-0.25, -0.2) is 8.42 Å². The van der Waals surface area contributed by atoms with E-state index in [0.717, 1.165) is 5.56 Å². The second-order valence-corrected chi connectivity index (χ2v) is 6.07. The lowest BCUT2D eigenvalue weighted by Crippen LogP contribution is -2.02. The molecule has 0 atom stereocenters. The molecule has 0 saturated carbocycles. The molecule has 4 heteroatoms. The Hall–Kier alpha value is -1.32. The molecule has 0 bridgehead atoms. The van der Waals surface area contributed by atoms with Gasteiger partial charge in [0.05, 0.1) is 14.8 Å². The summed E-state index contributed by atoms with van der Waals surface area (Å²) in [6.45, 7) is 1.91. The summed E-state index contributed by atoms with van der Waals surface area (Å²) in [5.74, 6) is 0. The topological polar surface area (TPSA) is 34.1 Å².